The van der Waals surface area contributed by atoms with Crippen LogP contribution in [0.15, 0.2) is 96.6 Å². The lowest BCUT2D eigenvalue weighted by atomic mass is 9.80. The molecule has 3 unspecified atom stereocenters. The molecule has 6 nitrogen and oxygen atoms in total. The Bertz CT molecular complexity index is 1250. The molecular formula is C32H34O6. The first-order valence-corrected chi connectivity index (χ1v) is 12.7. The van der Waals surface area contributed by atoms with Crippen molar-refractivity contribution in [2.24, 2.45) is 5.41 Å². The van der Waals surface area contributed by atoms with E-state index in [2.05, 4.69) is 0 Å². The number of carbonyl (C=O) groups excluding carboxylic acids is 2. The van der Waals surface area contributed by atoms with Crippen molar-refractivity contribution < 1.29 is 28.5 Å². The van der Waals surface area contributed by atoms with Gasteiger partial charge in [-0.1, -0.05) is 62.4 Å². The second-order valence-corrected chi connectivity index (χ2v) is 10.2. The molecule has 6 heteroatoms. The maximum absolute atomic E-state index is 13.1. The van der Waals surface area contributed by atoms with Gasteiger partial charge >= 0.3 is 11.9 Å². The Labute approximate surface area is 224 Å². The molecule has 1 aliphatic rings. The fraction of sp³-hybridized carbons (Fsp3) is 0.312. The van der Waals surface area contributed by atoms with Gasteiger partial charge in [0.2, 0.25) is 0 Å². The molecule has 0 aliphatic heterocycles. The summed E-state index contributed by atoms with van der Waals surface area (Å²) in [4.78, 5) is 26.0. The molecule has 0 saturated heterocycles. The molecule has 0 spiro atoms. The van der Waals surface area contributed by atoms with E-state index in [0.717, 1.165) is 16.9 Å². The molecule has 38 heavy (non-hydrogen) atoms. The van der Waals surface area contributed by atoms with E-state index < -0.39 is 35.7 Å². The zero-order chi connectivity index (χ0) is 27.1. The fourth-order valence-electron chi connectivity index (χ4n) is 4.59. The molecule has 0 bridgehead atoms. The minimum absolute atomic E-state index is 0.308. The number of hydrogen-bond acceptors (Lipinski definition) is 6. The highest BCUT2D eigenvalue weighted by atomic mass is 16.6. The largest absolute Gasteiger partial charge is 0.497 e. The van der Waals surface area contributed by atoms with Crippen LogP contribution in [0.5, 0.6) is 5.75 Å². The summed E-state index contributed by atoms with van der Waals surface area (Å²) in [6.45, 7) is 6.25. The third kappa shape index (κ3) is 6.69. The van der Waals surface area contributed by atoms with Crippen LogP contribution < -0.4 is 4.74 Å². The Morgan fingerprint density at radius 2 is 1.37 bits per heavy atom. The number of esters is 2. The van der Waals surface area contributed by atoms with E-state index in [1.165, 1.54) is 0 Å². The zero-order valence-electron chi connectivity index (χ0n) is 22.3. The van der Waals surface area contributed by atoms with Crippen molar-refractivity contribution in [1.82, 2.24) is 0 Å². The highest BCUT2D eigenvalue weighted by Gasteiger charge is 2.44. The van der Waals surface area contributed by atoms with Crippen LogP contribution in [0.1, 0.15) is 53.5 Å². The highest BCUT2D eigenvalue weighted by molar-refractivity contribution is 5.90. The monoisotopic (exact) mass is 514 g/mol. The van der Waals surface area contributed by atoms with Crippen LogP contribution in [0, 0.1) is 5.41 Å². The van der Waals surface area contributed by atoms with Gasteiger partial charge in [0.15, 0.2) is 0 Å². The number of carbonyl (C=O) groups is 2. The van der Waals surface area contributed by atoms with Crippen molar-refractivity contribution in [1.29, 1.82) is 0 Å². The van der Waals surface area contributed by atoms with E-state index in [0.29, 0.717) is 24.2 Å². The molecule has 0 saturated carbocycles. The molecule has 1 aliphatic carbocycles. The lowest BCUT2D eigenvalue weighted by molar-refractivity contribution is -0.0879. The third-order valence-corrected chi connectivity index (χ3v) is 6.82. The molecule has 0 amide bonds. The summed E-state index contributed by atoms with van der Waals surface area (Å²) in [5, 5.41) is 0. The van der Waals surface area contributed by atoms with Crippen LogP contribution in [0.25, 0.3) is 0 Å². The van der Waals surface area contributed by atoms with Crippen LogP contribution in [0.3, 0.4) is 0 Å². The van der Waals surface area contributed by atoms with Crippen molar-refractivity contribution in [3.8, 4) is 5.75 Å². The van der Waals surface area contributed by atoms with Gasteiger partial charge in [0.05, 0.1) is 24.8 Å². The van der Waals surface area contributed by atoms with Crippen molar-refractivity contribution in [2.45, 2.75) is 52.1 Å². The number of methoxy groups -OCH3 is 1. The van der Waals surface area contributed by atoms with Crippen LogP contribution >= 0.6 is 0 Å². The summed E-state index contributed by atoms with van der Waals surface area (Å²) in [5.74, 6) is -0.0556. The summed E-state index contributed by atoms with van der Waals surface area (Å²) in [6.07, 6.45) is 0.710. The normalized spacial score (nSPS) is 20.5. The molecule has 3 aromatic carbocycles. The average molecular weight is 515 g/mol. The molecule has 4 rings (SSSR count). The van der Waals surface area contributed by atoms with E-state index in [-0.39, 0.29) is 0 Å². The first-order valence-electron chi connectivity index (χ1n) is 12.7. The maximum Gasteiger partial charge on any atom is 0.338 e. The quantitative estimate of drug-likeness (QED) is 0.256. The predicted octanol–water partition coefficient (Wildman–Crippen LogP) is 6.41. The molecule has 0 heterocycles. The lowest BCUT2D eigenvalue weighted by Gasteiger charge is -2.37. The van der Waals surface area contributed by atoms with Crippen molar-refractivity contribution in [2.75, 3.05) is 7.11 Å². The van der Waals surface area contributed by atoms with Gasteiger partial charge in [0.1, 0.15) is 24.1 Å². The Morgan fingerprint density at radius 1 is 0.816 bits per heavy atom. The van der Waals surface area contributed by atoms with E-state index >= 15 is 0 Å². The molecule has 198 valence electrons. The minimum Gasteiger partial charge on any atom is -0.497 e. The molecule has 3 atom stereocenters. The third-order valence-electron chi connectivity index (χ3n) is 6.82. The average Bonchev–Trinajstić information content (AvgIpc) is 3.02. The molecular weight excluding hydrogens is 480 g/mol. The van der Waals surface area contributed by atoms with Crippen molar-refractivity contribution in [3.63, 3.8) is 0 Å². The van der Waals surface area contributed by atoms with Crippen LogP contribution in [0.4, 0.5) is 0 Å². The van der Waals surface area contributed by atoms with Gasteiger partial charge in [-0.05, 0) is 67.0 Å². The van der Waals surface area contributed by atoms with E-state index in [9.17, 15) is 9.59 Å². The summed E-state index contributed by atoms with van der Waals surface area (Å²) < 4.78 is 23.7. The second kappa shape index (κ2) is 12.1. The molecule has 0 N–H and O–H groups in total. The Kier molecular flexibility index (Phi) is 8.64. The summed E-state index contributed by atoms with van der Waals surface area (Å²) in [5.41, 5.74) is 2.18. The minimum atomic E-state index is -0.621. The van der Waals surface area contributed by atoms with E-state index in [4.69, 9.17) is 18.9 Å². The summed E-state index contributed by atoms with van der Waals surface area (Å²) in [7, 11) is 1.62. The molecule has 0 aromatic heterocycles. The summed E-state index contributed by atoms with van der Waals surface area (Å²) in [6, 6.07) is 25.5. The van der Waals surface area contributed by atoms with E-state index in [1.54, 1.807) is 55.6 Å². The van der Waals surface area contributed by atoms with Gasteiger partial charge in [-0.15, -0.1) is 0 Å². The smallest absolute Gasteiger partial charge is 0.338 e. The molecule has 0 fully saturated rings. The topological polar surface area (TPSA) is 71.1 Å². The second-order valence-electron chi connectivity index (χ2n) is 10.2. The van der Waals surface area contributed by atoms with Crippen molar-refractivity contribution >= 4 is 11.9 Å². The van der Waals surface area contributed by atoms with Crippen molar-refractivity contribution in [3.05, 3.63) is 113 Å². The predicted molar refractivity (Wildman–Crippen MR) is 145 cm³/mol. The van der Waals surface area contributed by atoms with Gasteiger partial charge in [-0.25, -0.2) is 9.59 Å². The van der Waals surface area contributed by atoms with E-state index in [1.807, 2.05) is 63.2 Å². The Balaban J connectivity index is 1.60. The van der Waals surface area contributed by atoms with Crippen LogP contribution in [-0.4, -0.2) is 37.4 Å². The van der Waals surface area contributed by atoms with Gasteiger partial charge in [-0.2, -0.15) is 0 Å². The molecule has 0 radical (unpaired) electrons. The Morgan fingerprint density at radius 3 is 1.92 bits per heavy atom. The van der Waals surface area contributed by atoms with Gasteiger partial charge < -0.3 is 18.9 Å². The highest BCUT2D eigenvalue weighted by Crippen LogP contribution is 2.39. The standard InChI is InChI=1S/C32H34O6/c1-22-19-27(36-21-23-15-17-26(35-4)18-16-23)29(38-31(34)25-13-9-6-10-14-25)32(2,3)20-28(22)37-30(33)24-11-7-5-8-12-24/h5-19,27-29H,20-21H2,1-4H3. The van der Waals surface area contributed by atoms with Crippen LogP contribution in [0.2, 0.25) is 0 Å². The SMILES string of the molecule is COc1ccc(COC2C=C(C)C(OC(=O)c3ccccc3)CC(C)(C)C2OC(=O)c2ccccc2)cc1. The van der Waals surface area contributed by atoms with Crippen LogP contribution in [-0.2, 0) is 20.8 Å². The first-order chi connectivity index (χ1) is 18.3. The molecule has 3 aromatic rings. The number of rotatable bonds is 8. The number of hydrogen-bond donors (Lipinski definition) is 0. The van der Waals surface area contributed by atoms with Gasteiger partial charge in [-0.3, -0.25) is 0 Å². The Hall–Kier alpha value is -3.90. The fourth-order valence-corrected chi connectivity index (χ4v) is 4.59. The summed E-state index contributed by atoms with van der Waals surface area (Å²) >= 11 is 0. The zero-order valence-corrected chi connectivity index (χ0v) is 22.3. The number of ether oxygens (including phenoxy) is 4. The van der Waals surface area contributed by atoms with Gasteiger partial charge in [0.25, 0.3) is 0 Å². The maximum atomic E-state index is 13.1. The lowest BCUT2D eigenvalue weighted by Crippen LogP contribution is -2.44. The van der Waals surface area contributed by atoms with Gasteiger partial charge in [0, 0.05) is 5.41 Å². The number of benzene rings is 3. The first kappa shape index (κ1) is 27.1.